The van der Waals surface area contributed by atoms with Gasteiger partial charge < -0.3 is 4.90 Å². The summed E-state index contributed by atoms with van der Waals surface area (Å²) < 4.78 is 0. The summed E-state index contributed by atoms with van der Waals surface area (Å²) in [5.74, 6) is 0.944. The molecule has 0 saturated carbocycles. The number of fused-ring (bicyclic) bond motifs is 1. The lowest BCUT2D eigenvalue weighted by Gasteiger charge is -2.26. The van der Waals surface area contributed by atoms with Gasteiger partial charge in [0.25, 0.3) is 0 Å². The van der Waals surface area contributed by atoms with Crippen LogP contribution in [0.25, 0.3) is 20.7 Å². The van der Waals surface area contributed by atoms with E-state index in [-0.39, 0.29) is 6.04 Å². The van der Waals surface area contributed by atoms with Gasteiger partial charge in [0.1, 0.15) is 17.0 Å². The standard InChI is InChI=1S/C20H18N4S/c1-14(16-9-6-10-21-12-16)24(2)19-17-11-18(15-7-4-3-5-8-15)25-20(17)23-13-22-19/h3-14H,1-2H3. The van der Waals surface area contributed by atoms with Crippen molar-refractivity contribution < 1.29 is 0 Å². The number of thiophene rings is 1. The minimum absolute atomic E-state index is 0.173. The van der Waals surface area contributed by atoms with E-state index in [0.717, 1.165) is 21.6 Å². The van der Waals surface area contributed by atoms with Crippen molar-refractivity contribution in [3.8, 4) is 10.4 Å². The molecule has 0 bridgehead atoms. The fourth-order valence-electron chi connectivity index (χ4n) is 2.90. The molecule has 0 aliphatic rings. The van der Waals surface area contributed by atoms with Crippen LogP contribution in [0.3, 0.4) is 0 Å². The number of benzene rings is 1. The average Bonchev–Trinajstić information content (AvgIpc) is 3.12. The summed E-state index contributed by atoms with van der Waals surface area (Å²) in [7, 11) is 2.07. The van der Waals surface area contributed by atoms with Crippen LogP contribution >= 0.6 is 11.3 Å². The number of nitrogens with zero attached hydrogens (tertiary/aromatic N) is 4. The molecule has 3 heterocycles. The van der Waals surface area contributed by atoms with Crippen LogP contribution in [-0.2, 0) is 0 Å². The van der Waals surface area contributed by atoms with Gasteiger partial charge in [-0.25, -0.2) is 9.97 Å². The maximum Gasteiger partial charge on any atom is 0.141 e. The van der Waals surface area contributed by atoms with Crippen molar-refractivity contribution in [2.75, 3.05) is 11.9 Å². The van der Waals surface area contributed by atoms with E-state index in [1.807, 2.05) is 18.3 Å². The second-order valence-corrected chi connectivity index (χ2v) is 7.00. The van der Waals surface area contributed by atoms with Crippen LogP contribution in [0, 0.1) is 0 Å². The van der Waals surface area contributed by atoms with Crippen LogP contribution in [0.5, 0.6) is 0 Å². The van der Waals surface area contributed by atoms with E-state index in [1.54, 1.807) is 23.9 Å². The Hall–Kier alpha value is -2.79. The maximum atomic E-state index is 4.56. The van der Waals surface area contributed by atoms with Crippen LogP contribution < -0.4 is 4.90 Å². The summed E-state index contributed by atoms with van der Waals surface area (Å²) in [6.07, 6.45) is 5.35. The van der Waals surface area contributed by atoms with E-state index in [1.165, 1.54) is 10.4 Å². The Morgan fingerprint density at radius 3 is 2.64 bits per heavy atom. The quantitative estimate of drug-likeness (QED) is 0.524. The van der Waals surface area contributed by atoms with E-state index >= 15 is 0 Å². The van der Waals surface area contributed by atoms with Crippen LogP contribution in [0.4, 0.5) is 5.82 Å². The highest BCUT2D eigenvalue weighted by molar-refractivity contribution is 7.21. The molecule has 1 unspecified atom stereocenters. The van der Waals surface area contributed by atoms with E-state index < -0.39 is 0 Å². The molecule has 3 aromatic heterocycles. The van der Waals surface area contributed by atoms with Crippen LogP contribution in [0.15, 0.2) is 67.3 Å². The Balaban J connectivity index is 1.76. The van der Waals surface area contributed by atoms with Gasteiger partial charge in [-0.1, -0.05) is 36.4 Å². The van der Waals surface area contributed by atoms with Crippen LogP contribution in [0.2, 0.25) is 0 Å². The third kappa shape index (κ3) is 2.98. The first-order chi connectivity index (χ1) is 12.2. The Kier molecular flexibility index (Phi) is 4.15. The zero-order chi connectivity index (χ0) is 17.2. The van der Waals surface area contributed by atoms with Gasteiger partial charge in [-0.2, -0.15) is 0 Å². The van der Waals surface area contributed by atoms with Gasteiger partial charge in [-0.05, 0) is 30.2 Å². The largest absolute Gasteiger partial charge is 0.352 e. The first kappa shape index (κ1) is 15.7. The molecule has 1 aromatic carbocycles. The molecular weight excluding hydrogens is 328 g/mol. The predicted octanol–water partition coefficient (Wildman–Crippen LogP) is 4.95. The lowest BCUT2D eigenvalue weighted by atomic mass is 10.1. The lowest BCUT2D eigenvalue weighted by Crippen LogP contribution is -2.22. The molecule has 5 heteroatoms. The lowest BCUT2D eigenvalue weighted by molar-refractivity contribution is 0.727. The summed E-state index contributed by atoms with van der Waals surface area (Å²) in [6, 6.07) is 16.8. The molecule has 0 aliphatic carbocycles. The van der Waals surface area contributed by atoms with Gasteiger partial charge in [0.15, 0.2) is 0 Å². The molecule has 0 spiro atoms. The number of rotatable bonds is 4. The second kappa shape index (κ2) is 6.61. The normalized spacial score (nSPS) is 12.2. The van der Waals surface area contributed by atoms with Crippen molar-refractivity contribution in [2.24, 2.45) is 0 Å². The summed E-state index contributed by atoms with van der Waals surface area (Å²) >= 11 is 1.70. The first-order valence-corrected chi connectivity index (χ1v) is 8.98. The predicted molar refractivity (Wildman–Crippen MR) is 104 cm³/mol. The molecule has 25 heavy (non-hydrogen) atoms. The minimum Gasteiger partial charge on any atom is -0.352 e. The molecule has 4 rings (SSSR count). The van der Waals surface area contributed by atoms with Crippen molar-refractivity contribution in [2.45, 2.75) is 13.0 Å². The van der Waals surface area contributed by atoms with Crippen LogP contribution in [-0.4, -0.2) is 22.0 Å². The average molecular weight is 346 g/mol. The van der Waals surface area contributed by atoms with Gasteiger partial charge in [0, 0.05) is 24.3 Å². The van der Waals surface area contributed by atoms with E-state index in [9.17, 15) is 0 Å². The topological polar surface area (TPSA) is 41.9 Å². The third-order valence-corrected chi connectivity index (χ3v) is 5.54. The second-order valence-electron chi connectivity index (χ2n) is 5.97. The SMILES string of the molecule is CC(c1cccnc1)N(C)c1ncnc2sc(-c3ccccc3)cc12. The monoisotopic (exact) mass is 346 g/mol. The highest BCUT2D eigenvalue weighted by Gasteiger charge is 2.18. The molecule has 0 saturated heterocycles. The van der Waals surface area contributed by atoms with Crippen molar-refractivity contribution in [3.63, 3.8) is 0 Å². The fraction of sp³-hybridized carbons (Fsp3) is 0.150. The van der Waals surface area contributed by atoms with Crippen molar-refractivity contribution in [1.29, 1.82) is 0 Å². The summed E-state index contributed by atoms with van der Waals surface area (Å²) in [4.78, 5) is 17.7. The zero-order valence-corrected chi connectivity index (χ0v) is 14.9. The number of hydrogen-bond acceptors (Lipinski definition) is 5. The Morgan fingerprint density at radius 1 is 1.04 bits per heavy atom. The Bertz CT molecular complexity index is 982. The summed E-state index contributed by atoms with van der Waals surface area (Å²) in [6.45, 7) is 2.16. The van der Waals surface area contributed by atoms with E-state index in [2.05, 4.69) is 70.2 Å². The number of aromatic nitrogens is 3. The first-order valence-electron chi connectivity index (χ1n) is 8.17. The van der Waals surface area contributed by atoms with Crippen LogP contribution in [0.1, 0.15) is 18.5 Å². The third-order valence-electron chi connectivity index (χ3n) is 4.45. The highest BCUT2D eigenvalue weighted by atomic mass is 32.1. The summed E-state index contributed by atoms with van der Waals surface area (Å²) in [5.41, 5.74) is 2.37. The smallest absolute Gasteiger partial charge is 0.141 e. The van der Waals surface area contributed by atoms with Crippen molar-refractivity contribution in [1.82, 2.24) is 15.0 Å². The Morgan fingerprint density at radius 2 is 1.88 bits per heavy atom. The van der Waals surface area contributed by atoms with Crippen molar-refractivity contribution >= 4 is 27.4 Å². The Labute approximate surface area is 150 Å². The highest BCUT2D eigenvalue weighted by Crippen LogP contribution is 2.37. The molecule has 0 N–H and O–H groups in total. The summed E-state index contributed by atoms with van der Waals surface area (Å²) in [5, 5.41) is 1.09. The van der Waals surface area contributed by atoms with E-state index in [4.69, 9.17) is 0 Å². The zero-order valence-electron chi connectivity index (χ0n) is 14.1. The molecule has 4 aromatic rings. The molecular formula is C20H18N4S. The van der Waals surface area contributed by atoms with E-state index in [0.29, 0.717) is 0 Å². The molecule has 1 atom stereocenters. The maximum absolute atomic E-state index is 4.56. The molecule has 0 radical (unpaired) electrons. The van der Waals surface area contributed by atoms with Gasteiger partial charge in [-0.15, -0.1) is 11.3 Å². The molecule has 0 fully saturated rings. The molecule has 124 valence electrons. The molecule has 0 amide bonds. The van der Waals surface area contributed by atoms with Gasteiger partial charge in [-0.3, -0.25) is 4.98 Å². The number of hydrogen-bond donors (Lipinski definition) is 0. The number of pyridine rings is 1. The molecule has 0 aliphatic heterocycles. The molecule has 4 nitrogen and oxygen atoms in total. The number of anilines is 1. The van der Waals surface area contributed by atoms with Crippen molar-refractivity contribution in [3.05, 3.63) is 72.8 Å². The fourth-order valence-corrected chi connectivity index (χ4v) is 3.90. The van der Waals surface area contributed by atoms with Gasteiger partial charge in [0.2, 0.25) is 0 Å². The van der Waals surface area contributed by atoms with Gasteiger partial charge in [0.05, 0.1) is 11.4 Å². The van der Waals surface area contributed by atoms with Gasteiger partial charge >= 0.3 is 0 Å². The minimum atomic E-state index is 0.173.